The van der Waals surface area contributed by atoms with Crippen LogP contribution in [0, 0.1) is 5.82 Å². The third-order valence-corrected chi connectivity index (χ3v) is 3.71. The van der Waals surface area contributed by atoms with Gasteiger partial charge >= 0.3 is 0 Å². The molecule has 1 saturated heterocycles. The molecule has 0 aromatic heterocycles. The minimum Gasteiger partial charge on any atom is -0.337 e. The van der Waals surface area contributed by atoms with E-state index < -0.39 is 0 Å². The van der Waals surface area contributed by atoms with Crippen LogP contribution in [0.15, 0.2) is 24.3 Å². The lowest BCUT2D eigenvalue weighted by molar-refractivity contribution is 0.0731. The van der Waals surface area contributed by atoms with E-state index in [1.165, 1.54) is 25.0 Å². The van der Waals surface area contributed by atoms with Gasteiger partial charge in [0.15, 0.2) is 0 Å². The molecule has 3 nitrogen and oxygen atoms in total. The lowest BCUT2D eigenvalue weighted by Crippen LogP contribution is -2.46. The summed E-state index contributed by atoms with van der Waals surface area (Å²) in [7, 11) is 0. The molecule has 20 heavy (non-hydrogen) atoms. The molecule has 1 atom stereocenters. The Morgan fingerprint density at radius 2 is 2.30 bits per heavy atom. The van der Waals surface area contributed by atoms with Gasteiger partial charge in [0.05, 0.1) is 0 Å². The van der Waals surface area contributed by atoms with Gasteiger partial charge in [0.1, 0.15) is 5.82 Å². The quantitative estimate of drug-likeness (QED) is 0.898. The highest BCUT2D eigenvalue weighted by Gasteiger charge is 2.21. The van der Waals surface area contributed by atoms with Crippen molar-refractivity contribution < 1.29 is 9.18 Å². The van der Waals surface area contributed by atoms with Gasteiger partial charge in [-0.1, -0.05) is 19.4 Å². The van der Waals surface area contributed by atoms with Crippen molar-refractivity contribution in [2.45, 2.75) is 38.6 Å². The van der Waals surface area contributed by atoms with E-state index in [2.05, 4.69) is 12.2 Å². The molecule has 0 spiro atoms. The molecule has 1 amide bonds. The van der Waals surface area contributed by atoms with E-state index in [0.29, 0.717) is 24.7 Å². The normalized spacial score (nSPS) is 18.8. The summed E-state index contributed by atoms with van der Waals surface area (Å²) in [6, 6.07) is 6.32. The average molecular weight is 278 g/mol. The van der Waals surface area contributed by atoms with Crippen LogP contribution in [0.2, 0.25) is 0 Å². The molecule has 1 aliphatic heterocycles. The van der Waals surface area contributed by atoms with Crippen molar-refractivity contribution in [1.82, 2.24) is 10.2 Å². The molecule has 1 unspecified atom stereocenters. The summed E-state index contributed by atoms with van der Waals surface area (Å²) in [6.07, 6.45) is 4.44. The van der Waals surface area contributed by atoms with Gasteiger partial charge in [-0.25, -0.2) is 4.39 Å². The van der Waals surface area contributed by atoms with Crippen molar-refractivity contribution in [3.8, 4) is 0 Å². The number of hydrogen-bond acceptors (Lipinski definition) is 2. The van der Waals surface area contributed by atoms with E-state index in [0.717, 1.165) is 19.4 Å². The standard InChI is InChI=1S/C16H23FN2O/c1-2-10-19(12-15-8-3-4-9-18-15)16(20)13-6-5-7-14(17)11-13/h5-7,11,15,18H,2-4,8-10,12H2,1H3. The number of piperidine rings is 1. The van der Waals surface area contributed by atoms with Crippen LogP contribution < -0.4 is 5.32 Å². The highest BCUT2D eigenvalue weighted by atomic mass is 19.1. The summed E-state index contributed by atoms with van der Waals surface area (Å²) >= 11 is 0. The number of halogens is 1. The van der Waals surface area contributed by atoms with Gasteiger partial charge in [-0.15, -0.1) is 0 Å². The number of carbonyl (C=O) groups excluding carboxylic acids is 1. The number of nitrogens with one attached hydrogen (secondary N) is 1. The highest BCUT2D eigenvalue weighted by Crippen LogP contribution is 2.12. The highest BCUT2D eigenvalue weighted by molar-refractivity contribution is 5.94. The Kier molecular flexibility index (Phi) is 5.53. The topological polar surface area (TPSA) is 32.3 Å². The molecule has 0 saturated carbocycles. The summed E-state index contributed by atoms with van der Waals surface area (Å²) in [5.41, 5.74) is 0.439. The van der Waals surface area contributed by atoms with Crippen LogP contribution in [-0.2, 0) is 0 Å². The lowest BCUT2D eigenvalue weighted by Gasteiger charge is -2.30. The Labute approximate surface area is 120 Å². The molecular weight excluding hydrogens is 255 g/mol. The fourth-order valence-electron chi connectivity index (χ4n) is 2.70. The van der Waals surface area contributed by atoms with Crippen LogP contribution in [0.5, 0.6) is 0 Å². The van der Waals surface area contributed by atoms with E-state index in [9.17, 15) is 9.18 Å². The van der Waals surface area contributed by atoms with Crippen molar-refractivity contribution in [3.63, 3.8) is 0 Å². The Hall–Kier alpha value is -1.42. The van der Waals surface area contributed by atoms with Crippen molar-refractivity contribution >= 4 is 5.91 Å². The fraction of sp³-hybridized carbons (Fsp3) is 0.562. The van der Waals surface area contributed by atoms with Crippen LogP contribution in [0.4, 0.5) is 4.39 Å². The molecule has 110 valence electrons. The van der Waals surface area contributed by atoms with E-state index in [-0.39, 0.29) is 11.7 Å². The Bertz CT molecular complexity index is 444. The van der Waals surface area contributed by atoms with Gasteiger partial charge in [-0.3, -0.25) is 4.79 Å². The second-order valence-corrected chi connectivity index (χ2v) is 5.41. The molecule has 2 rings (SSSR count). The Morgan fingerprint density at radius 3 is 2.95 bits per heavy atom. The second kappa shape index (κ2) is 7.39. The van der Waals surface area contributed by atoms with Gasteiger partial charge in [0.25, 0.3) is 5.91 Å². The van der Waals surface area contributed by atoms with Crippen LogP contribution in [0.25, 0.3) is 0 Å². The molecular formula is C16H23FN2O. The summed E-state index contributed by atoms with van der Waals surface area (Å²) in [6.45, 7) is 4.51. The first-order chi connectivity index (χ1) is 9.70. The number of amides is 1. The summed E-state index contributed by atoms with van der Waals surface area (Å²) in [5.74, 6) is -0.429. The van der Waals surface area contributed by atoms with Crippen molar-refractivity contribution in [3.05, 3.63) is 35.6 Å². The van der Waals surface area contributed by atoms with Crippen LogP contribution in [0.3, 0.4) is 0 Å². The van der Waals surface area contributed by atoms with E-state index in [1.54, 1.807) is 12.1 Å². The maximum absolute atomic E-state index is 13.3. The van der Waals surface area contributed by atoms with E-state index >= 15 is 0 Å². The predicted molar refractivity (Wildman–Crippen MR) is 78.2 cm³/mol. The van der Waals surface area contributed by atoms with Crippen LogP contribution >= 0.6 is 0 Å². The minimum atomic E-state index is -0.358. The third kappa shape index (κ3) is 4.04. The number of hydrogen-bond donors (Lipinski definition) is 1. The van der Waals surface area contributed by atoms with E-state index in [1.807, 2.05) is 4.90 Å². The molecule has 1 heterocycles. The fourth-order valence-corrected chi connectivity index (χ4v) is 2.70. The zero-order chi connectivity index (χ0) is 14.4. The van der Waals surface area contributed by atoms with Gasteiger partial charge < -0.3 is 10.2 Å². The first-order valence-electron chi connectivity index (χ1n) is 7.49. The van der Waals surface area contributed by atoms with Crippen LogP contribution in [0.1, 0.15) is 43.0 Å². The van der Waals surface area contributed by atoms with Crippen LogP contribution in [-0.4, -0.2) is 36.5 Å². The molecule has 0 radical (unpaired) electrons. The van der Waals surface area contributed by atoms with Crippen molar-refractivity contribution in [1.29, 1.82) is 0 Å². The summed E-state index contributed by atoms with van der Waals surface area (Å²) < 4.78 is 13.3. The predicted octanol–water partition coefficient (Wildman–Crippen LogP) is 2.82. The van der Waals surface area contributed by atoms with Crippen molar-refractivity contribution in [2.75, 3.05) is 19.6 Å². The molecule has 1 N–H and O–H groups in total. The smallest absolute Gasteiger partial charge is 0.254 e. The zero-order valence-electron chi connectivity index (χ0n) is 12.1. The Morgan fingerprint density at radius 1 is 1.45 bits per heavy atom. The number of benzene rings is 1. The number of rotatable bonds is 5. The van der Waals surface area contributed by atoms with Gasteiger partial charge in [-0.05, 0) is 44.0 Å². The number of nitrogens with zero attached hydrogens (tertiary/aromatic N) is 1. The monoisotopic (exact) mass is 278 g/mol. The van der Waals surface area contributed by atoms with Gasteiger partial charge in [-0.2, -0.15) is 0 Å². The molecule has 1 aliphatic rings. The molecule has 0 aliphatic carbocycles. The largest absolute Gasteiger partial charge is 0.337 e. The molecule has 1 aromatic rings. The summed E-state index contributed by atoms with van der Waals surface area (Å²) in [5, 5.41) is 3.46. The molecule has 4 heteroatoms. The Balaban J connectivity index is 2.04. The first-order valence-corrected chi connectivity index (χ1v) is 7.49. The van der Waals surface area contributed by atoms with E-state index in [4.69, 9.17) is 0 Å². The molecule has 1 fully saturated rings. The lowest BCUT2D eigenvalue weighted by atomic mass is 10.0. The SMILES string of the molecule is CCCN(CC1CCCCN1)C(=O)c1cccc(F)c1. The minimum absolute atomic E-state index is 0.0706. The molecule has 0 bridgehead atoms. The van der Waals surface area contributed by atoms with Crippen molar-refractivity contribution in [2.24, 2.45) is 0 Å². The second-order valence-electron chi connectivity index (χ2n) is 5.41. The average Bonchev–Trinajstić information content (AvgIpc) is 2.47. The summed E-state index contributed by atoms with van der Waals surface area (Å²) in [4.78, 5) is 14.3. The zero-order valence-corrected chi connectivity index (χ0v) is 12.1. The number of carbonyl (C=O) groups is 1. The van der Waals surface area contributed by atoms with Gasteiger partial charge in [0, 0.05) is 24.7 Å². The maximum Gasteiger partial charge on any atom is 0.254 e. The molecule has 1 aromatic carbocycles. The third-order valence-electron chi connectivity index (χ3n) is 3.71. The maximum atomic E-state index is 13.3. The van der Waals surface area contributed by atoms with Gasteiger partial charge in [0.2, 0.25) is 0 Å². The first kappa shape index (κ1) is 15.0.